The lowest BCUT2D eigenvalue weighted by molar-refractivity contribution is -0.144. The number of hydrogen-bond acceptors (Lipinski definition) is 7. The van der Waals surface area contributed by atoms with Crippen molar-refractivity contribution < 1.29 is 19.0 Å². The highest BCUT2D eigenvalue weighted by atomic mass is 16.6. The van der Waals surface area contributed by atoms with Gasteiger partial charge in [-0.3, -0.25) is 9.59 Å². The fourth-order valence-electron chi connectivity index (χ4n) is 1.31. The Kier molecular flexibility index (Phi) is 4.64. The number of ether oxygens (including phenoxy) is 1. The monoisotopic (exact) mass is 256 g/mol. The molecule has 1 aromatic heterocycles. The number of rotatable bonds is 5. The summed E-state index contributed by atoms with van der Waals surface area (Å²) in [6.07, 6.45) is 0. The number of aromatic nitrogens is 2. The van der Waals surface area contributed by atoms with Crippen LogP contribution in [0.15, 0.2) is 4.63 Å². The van der Waals surface area contributed by atoms with Gasteiger partial charge in [0.2, 0.25) is 11.5 Å². The molecule has 0 aliphatic heterocycles. The second-order valence-corrected chi connectivity index (χ2v) is 3.83. The summed E-state index contributed by atoms with van der Waals surface area (Å²) >= 11 is 0. The van der Waals surface area contributed by atoms with Crippen molar-refractivity contribution in [3.63, 3.8) is 0 Å². The smallest absolute Gasteiger partial charge is 0.325 e. The standard InChI is InChI=1S/C10H16N4O4/c1-4-17-7(15)5-14(6(2)3)10(16)8-9(11)13-18-12-8/h6H,4-5H2,1-3H3,(H2,11,13). The van der Waals surface area contributed by atoms with Crippen molar-refractivity contribution >= 4 is 17.7 Å². The molecule has 0 bridgehead atoms. The van der Waals surface area contributed by atoms with E-state index in [1.54, 1.807) is 20.8 Å². The summed E-state index contributed by atoms with van der Waals surface area (Å²) in [5.41, 5.74) is 5.33. The number of nitrogens with two attached hydrogens (primary N) is 1. The van der Waals surface area contributed by atoms with Gasteiger partial charge in [-0.2, -0.15) is 0 Å². The quantitative estimate of drug-likeness (QED) is 0.741. The van der Waals surface area contributed by atoms with Crippen LogP contribution in [0, 0.1) is 0 Å². The second-order valence-electron chi connectivity index (χ2n) is 3.83. The van der Waals surface area contributed by atoms with Gasteiger partial charge >= 0.3 is 5.97 Å². The third-order valence-corrected chi connectivity index (χ3v) is 2.21. The molecule has 2 N–H and O–H groups in total. The molecule has 0 aliphatic carbocycles. The largest absolute Gasteiger partial charge is 0.465 e. The summed E-state index contributed by atoms with van der Waals surface area (Å²) in [5.74, 6) is -1.11. The topological polar surface area (TPSA) is 112 Å². The summed E-state index contributed by atoms with van der Waals surface area (Å²) in [7, 11) is 0. The molecule has 1 amide bonds. The van der Waals surface area contributed by atoms with Gasteiger partial charge in [-0.15, -0.1) is 0 Å². The van der Waals surface area contributed by atoms with Crippen LogP contribution in [-0.4, -0.2) is 46.3 Å². The Bertz CT molecular complexity index is 429. The number of esters is 1. The highest BCUT2D eigenvalue weighted by Gasteiger charge is 2.26. The van der Waals surface area contributed by atoms with Crippen LogP contribution < -0.4 is 5.73 Å². The molecule has 1 aromatic rings. The zero-order chi connectivity index (χ0) is 13.7. The Morgan fingerprint density at radius 3 is 2.56 bits per heavy atom. The molecule has 0 radical (unpaired) electrons. The fraction of sp³-hybridized carbons (Fsp3) is 0.600. The van der Waals surface area contributed by atoms with Crippen LogP contribution in [-0.2, 0) is 9.53 Å². The zero-order valence-corrected chi connectivity index (χ0v) is 10.5. The molecule has 0 spiro atoms. The fourth-order valence-corrected chi connectivity index (χ4v) is 1.31. The molecular formula is C10H16N4O4. The van der Waals surface area contributed by atoms with Crippen LogP contribution in [0.25, 0.3) is 0 Å². The summed E-state index contributed by atoms with van der Waals surface area (Å²) in [4.78, 5) is 24.8. The number of nitrogens with zero attached hydrogens (tertiary/aromatic N) is 3. The molecule has 8 nitrogen and oxygen atoms in total. The predicted octanol–water partition coefficient (Wildman–Crippen LogP) is 0.0655. The molecular weight excluding hydrogens is 240 g/mol. The van der Waals surface area contributed by atoms with E-state index < -0.39 is 11.9 Å². The van der Waals surface area contributed by atoms with Gasteiger partial charge < -0.3 is 15.4 Å². The summed E-state index contributed by atoms with van der Waals surface area (Å²) in [6.45, 7) is 5.31. The van der Waals surface area contributed by atoms with E-state index in [0.29, 0.717) is 0 Å². The lowest BCUT2D eigenvalue weighted by Gasteiger charge is -2.24. The van der Waals surface area contributed by atoms with E-state index in [9.17, 15) is 9.59 Å². The Labute approximate surface area is 104 Å². The normalized spacial score (nSPS) is 10.4. The van der Waals surface area contributed by atoms with Crippen molar-refractivity contribution in [1.29, 1.82) is 0 Å². The number of nitrogen functional groups attached to an aromatic ring is 1. The number of carbonyl (C=O) groups excluding carboxylic acids is 2. The lowest BCUT2D eigenvalue weighted by Crippen LogP contribution is -2.41. The Morgan fingerprint density at radius 2 is 2.11 bits per heavy atom. The van der Waals surface area contributed by atoms with E-state index in [0.717, 1.165) is 0 Å². The van der Waals surface area contributed by atoms with Crippen molar-refractivity contribution in [3.05, 3.63) is 5.69 Å². The summed E-state index contributed by atoms with van der Waals surface area (Å²) < 4.78 is 9.16. The number of anilines is 1. The first-order valence-electron chi connectivity index (χ1n) is 5.52. The number of hydrogen-bond donors (Lipinski definition) is 1. The van der Waals surface area contributed by atoms with Crippen LogP contribution in [0.1, 0.15) is 31.3 Å². The molecule has 8 heteroatoms. The molecule has 0 aromatic carbocycles. The first-order chi connectivity index (χ1) is 8.47. The minimum atomic E-state index is -0.517. The van der Waals surface area contributed by atoms with Gasteiger partial charge in [-0.1, -0.05) is 0 Å². The average Bonchev–Trinajstić information content (AvgIpc) is 2.71. The molecule has 100 valence electrons. The molecule has 0 fully saturated rings. The third-order valence-electron chi connectivity index (χ3n) is 2.21. The molecule has 1 heterocycles. The first kappa shape index (κ1) is 13.9. The van der Waals surface area contributed by atoms with Crippen molar-refractivity contribution in [1.82, 2.24) is 15.2 Å². The van der Waals surface area contributed by atoms with Crippen molar-refractivity contribution in [2.75, 3.05) is 18.9 Å². The van der Waals surface area contributed by atoms with Crippen molar-refractivity contribution in [2.24, 2.45) is 0 Å². The van der Waals surface area contributed by atoms with Crippen LogP contribution >= 0.6 is 0 Å². The molecule has 0 unspecified atom stereocenters. The molecule has 0 saturated heterocycles. The van der Waals surface area contributed by atoms with Gasteiger partial charge in [-0.25, -0.2) is 4.63 Å². The Morgan fingerprint density at radius 1 is 1.44 bits per heavy atom. The van der Waals surface area contributed by atoms with E-state index in [4.69, 9.17) is 10.5 Å². The van der Waals surface area contributed by atoms with E-state index in [2.05, 4.69) is 14.9 Å². The Hall–Kier alpha value is -2.12. The average molecular weight is 256 g/mol. The lowest BCUT2D eigenvalue weighted by atomic mass is 10.2. The van der Waals surface area contributed by atoms with Gasteiger partial charge in [0.1, 0.15) is 6.54 Å². The van der Waals surface area contributed by atoms with Gasteiger partial charge in [0.15, 0.2) is 0 Å². The molecule has 1 rings (SSSR count). The van der Waals surface area contributed by atoms with E-state index in [1.807, 2.05) is 0 Å². The van der Waals surface area contributed by atoms with E-state index >= 15 is 0 Å². The molecule has 0 atom stereocenters. The highest BCUT2D eigenvalue weighted by molar-refractivity contribution is 5.97. The molecule has 18 heavy (non-hydrogen) atoms. The zero-order valence-electron chi connectivity index (χ0n) is 10.5. The van der Waals surface area contributed by atoms with Crippen LogP contribution in [0.5, 0.6) is 0 Å². The maximum atomic E-state index is 12.1. The summed E-state index contributed by atoms with van der Waals surface area (Å²) in [5, 5.41) is 6.74. The minimum absolute atomic E-state index is 0.102. The van der Waals surface area contributed by atoms with Gasteiger partial charge in [0.25, 0.3) is 5.91 Å². The minimum Gasteiger partial charge on any atom is -0.465 e. The number of carbonyl (C=O) groups is 2. The van der Waals surface area contributed by atoms with E-state index in [-0.39, 0.29) is 30.7 Å². The van der Waals surface area contributed by atoms with Gasteiger partial charge in [0.05, 0.1) is 6.61 Å². The molecule has 0 saturated carbocycles. The second kappa shape index (κ2) is 5.99. The van der Waals surface area contributed by atoms with Crippen molar-refractivity contribution in [2.45, 2.75) is 26.8 Å². The summed E-state index contributed by atoms with van der Waals surface area (Å²) in [6, 6.07) is -0.210. The maximum Gasteiger partial charge on any atom is 0.325 e. The first-order valence-corrected chi connectivity index (χ1v) is 5.52. The SMILES string of the molecule is CCOC(=O)CN(C(=O)c1nonc1N)C(C)C. The van der Waals surface area contributed by atoms with Gasteiger partial charge in [0, 0.05) is 6.04 Å². The maximum absolute atomic E-state index is 12.1. The third kappa shape index (κ3) is 3.19. The number of amides is 1. The highest BCUT2D eigenvalue weighted by Crippen LogP contribution is 2.11. The predicted molar refractivity (Wildman–Crippen MR) is 61.5 cm³/mol. The Balaban J connectivity index is 2.83. The van der Waals surface area contributed by atoms with Crippen molar-refractivity contribution in [3.8, 4) is 0 Å². The van der Waals surface area contributed by atoms with Crippen LogP contribution in [0.4, 0.5) is 5.82 Å². The van der Waals surface area contributed by atoms with Gasteiger partial charge in [-0.05, 0) is 31.1 Å². The van der Waals surface area contributed by atoms with E-state index in [1.165, 1.54) is 4.90 Å². The van der Waals surface area contributed by atoms with Crippen LogP contribution in [0.2, 0.25) is 0 Å². The molecule has 0 aliphatic rings. The van der Waals surface area contributed by atoms with Crippen LogP contribution in [0.3, 0.4) is 0 Å².